The van der Waals surface area contributed by atoms with E-state index in [0.29, 0.717) is 5.69 Å². The Balaban J connectivity index is 1.37. The van der Waals surface area contributed by atoms with Gasteiger partial charge in [0.2, 0.25) is 0 Å². The first-order valence-corrected chi connectivity index (χ1v) is 11.9. The Morgan fingerprint density at radius 2 is 1.73 bits per heavy atom. The smallest absolute Gasteiger partial charge is 0.323 e. The molecule has 0 radical (unpaired) electrons. The molecule has 3 aromatic carbocycles. The van der Waals surface area contributed by atoms with Crippen molar-refractivity contribution in [3.05, 3.63) is 89.5 Å². The van der Waals surface area contributed by atoms with E-state index in [1.807, 2.05) is 48.7 Å². The average molecular weight is 507 g/mol. The minimum atomic E-state index is -1.64. The lowest BCUT2D eigenvalue weighted by molar-refractivity contribution is 0.0336. The van der Waals surface area contributed by atoms with Gasteiger partial charge in [-0.1, -0.05) is 36.4 Å². The number of rotatable bonds is 5. The number of urea groups is 1. The molecule has 2 amide bonds. The van der Waals surface area contributed by atoms with Crippen LogP contribution in [0.2, 0.25) is 0 Å². The maximum atomic E-state index is 14.2. The van der Waals surface area contributed by atoms with Crippen molar-refractivity contribution in [1.29, 1.82) is 0 Å². The van der Waals surface area contributed by atoms with Crippen molar-refractivity contribution in [3.8, 4) is 11.1 Å². The van der Waals surface area contributed by atoms with Gasteiger partial charge in [0.1, 0.15) is 0 Å². The highest BCUT2D eigenvalue weighted by molar-refractivity contribution is 6.09. The van der Waals surface area contributed by atoms with Crippen LogP contribution in [0.4, 0.5) is 29.3 Å². The van der Waals surface area contributed by atoms with E-state index >= 15 is 0 Å². The molecule has 2 N–H and O–H groups in total. The number of carbonyl (C=O) groups excluding carboxylic acids is 1. The highest BCUT2D eigenvalue weighted by atomic mass is 19.2. The monoisotopic (exact) mass is 506 g/mol. The lowest BCUT2D eigenvalue weighted by Crippen LogP contribution is -2.35. The third-order valence-electron chi connectivity index (χ3n) is 6.40. The zero-order valence-corrected chi connectivity index (χ0v) is 20.2. The van der Waals surface area contributed by atoms with Crippen LogP contribution in [0.3, 0.4) is 0 Å². The molecule has 9 heteroatoms. The van der Waals surface area contributed by atoms with Gasteiger partial charge in [-0.25, -0.2) is 18.0 Å². The summed E-state index contributed by atoms with van der Waals surface area (Å²) in [5.74, 6) is -4.40. The van der Waals surface area contributed by atoms with Gasteiger partial charge < -0.3 is 15.4 Å². The van der Waals surface area contributed by atoms with Crippen LogP contribution in [-0.4, -0.2) is 42.2 Å². The minimum Gasteiger partial charge on any atom is -0.379 e. The fourth-order valence-electron chi connectivity index (χ4n) is 4.46. The lowest BCUT2D eigenvalue weighted by atomic mass is 9.98. The molecule has 0 spiro atoms. The summed E-state index contributed by atoms with van der Waals surface area (Å²) in [6, 6.07) is 15.3. The Hall–Kier alpha value is -3.95. The molecule has 4 aromatic rings. The van der Waals surface area contributed by atoms with Gasteiger partial charge in [0.05, 0.1) is 30.3 Å². The Morgan fingerprint density at radius 3 is 2.46 bits per heavy atom. The van der Waals surface area contributed by atoms with Crippen molar-refractivity contribution < 1.29 is 22.7 Å². The summed E-state index contributed by atoms with van der Waals surface area (Å²) in [5, 5.41) is 6.63. The molecule has 1 saturated heterocycles. The van der Waals surface area contributed by atoms with Gasteiger partial charge in [0.15, 0.2) is 17.5 Å². The Morgan fingerprint density at radius 1 is 0.973 bits per heavy atom. The first-order chi connectivity index (χ1) is 17.9. The third kappa shape index (κ3) is 5.28. The minimum absolute atomic E-state index is 0.0660. The first kappa shape index (κ1) is 24.7. The van der Waals surface area contributed by atoms with Crippen LogP contribution in [0, 0.1) is 24.4 Å². The summed E-state index contributed by atoms with van der Waals surface area (Å²) in [7, 11) is 0. The number of anilines is 2. The van der Waals surface area contributed by atoms with Crippen molar-refractivity contribution in [1.82, 2.24) is 9.88 Å². The van der Waals surface area contributed by atoms with Crippen LogP contribution in [0.25, 0.3) is 21.9 Å². The topological polar surface area (TPSA) is 66.5 Å². The van der Waals surface area contributed by atoms with Crippen LogP contribution < -0.4 is 10.6 Å². The predicted octanol–water partition coefficient (Wildman–Crippen LogP) is 6.10. The molecule has 1 aromatic heterocycles. The zero-order chi connectivity index (χ0) is 25.9. The summed E-state index contributed by atoms with van der Waals surface area (Å²) in [6.07, 6.45) is 1.84. The molecule has 6 nitrogen and oxygen atoms in total. The molecule has 0 atom stereocenters. The van der Waals surface area contributed by atoms with E-state index < -0.39 is 29.2 Å². The number of aromatic nitrogens is 1. The first-order valence-electron chi connectivity index (χ1n) is 11.9. The maximum absolute atomic E-state index is 14.2. The number of amides is 2. The summed E-state index contributed by atoms with van der Waals surface area (Å²) in [6.45, 7) is 5.39. The Bertz CT molecular complexity index is 1450. The quantitative estimate of drug-likeness (QED) is 0.321. The van der Waals surface area contributed by atoms with Crippen molar-refractivity contribution in [2.75, 3.05) is 36.9 Å². The lowest BCUT2D eigenvalue weighted by Gasteiger charge is -2.26. The summed E-state index contributed by atoms with van der Waals surface area (Å²) in [5.41, 5.74) is 2.97. The third-order valence-corrected chi connectivity index (χ3v) is 6.40. The van der Waals surface area contributed by atoms with Crippen molar-refractivity contribution in [3.63, 3.8) is 0 Å². The van der Waals surface area contributed by atoms with Gasteiger partial charge in [0, 0.05) is 36.8 Å². The maximum Gasteiger partial charge on any atom is 0.323 e. The number of nitrogens with zero attached hydrogens (tertiary/aromatic N) is 2. The molecule has 0 unspecified atom stereocenters. The number of hydrogen-bond acceptors (Lipinski definition) is 4. The van der Waals surface area contributed by atoms with E-state index in [2.05, 4.69) is 20.5 Å². The summed E-state index contributed by atoms with van der Waals surface area (Å²) >= 11 is 0. The molecular weight excluding hydrogens is 481 g/mol. The van der Waals surface area contributed by atoms with E-state index in [0.717, 1.165) is 66.5 Å². The number of nitrogens with one attached hydrogen (secondary N) is 2. The highest BCUT2D eigenvalue weighted by Gasteiger charge is 2.19. The standard InChI is InChI=1S/C28H25F3N4O2/c1-17-14-23(29)25(30)26(31)27(17)34-28(36)33-24-9-8-20(21-4-2-3-5-22(21)24)18-6-7-19(32-15-18)16-35-10-12-37-13-11-35/h2-9,14-15H,10-13,16H2,1H3,(H2,33,34,36). The highest BCUT2D eigenvalue weighted by Crippen LogP contribution is 2.33. The second kappa shape index (κ2) is 10.6. The van der Waals surface area contributed by atoms with Gasteiger partial charge >= 0.3 is 6.03 Å². The summed E-state index contributed by atoms with van der Waals surface area (Å²) < 4.78 is 46.7. The molecule has 0 saturated carbocycles. The number of benzene rings is 3. The normalized spacial score (nSPS) is 14.1. The molecule has 5 rings (SSSR count). The van der Waals surface area contributed by atoms with Crippen LogP contribution in [-0.2, 0) is 11.3 Å². The molecule has 1 aliphatic heterocycles. The Labute approximate surface area is 212 Å². The largest absolute Gasteiger partial charge is 0.379 e. The second-order valence-electron chi connectivity index (χ2n) is 8.89. The number of aryl methyl sites for hydroxylation is 1. The molecular formula is C28H25F3N4O2. The van der Waals surface area contributed by atoms with E-state index in [1.54, 1.807) is 6.07 Å². The van der Waals surface area contributed by atoms with Crippen molar-refractivity contribution in [2.45, 2.75) is 13.5 Å². The molecule has 1 aliphatic rings. The summed E-state index contributed by atoms with van der Waals surface area (Å²) in [4.78, 5) is 19.6. The fourth-order valence-corrected chi connectivity index (χ4v) is 4.46. The van der Waals surface area contributed by atoms with E-state index in [4.69, 9.17) is 4.74 Å². The van der Waals surface area contributed by atoms with Crippen molar-refractivity contribution in [2.24, 2.45) is 0 Å². The van der Waals surface area contributed by atoms with Gasteiger partial charge in [-0.05, 0) is 41.6 Å². The number of carbonyl (C=O) groups is 1. The number of hydrogen-bond donors (Lipinski definition) is 2. The van der Waals surface area contributed by atoms with Gasteiger partial charge in [-0.2, -0.15) is 0 Å². The van der Waals surface area contributed by atoms with Crippen LogP contribution in [0.5, 0.6) is 0 Å². The Kier molecular flexibility index (Phi) is 7.07. The molecule has 0 aliphatic carbocycles. The number of halogens is 3. The van der Waals surface area contributed by atoms with Crippen LogP contribution in [0.15, 0.2) is 60.8 Å². The molecule has 2 heterocycles. The van der Waals surface area contributed by atoms with E-state index in [1.165, 1.54) is 6.92 Å². The molecule has 1 fully saturated rings. The van der Waals surface area contributed by atoms with E-state index in [-0.39, 0.29) is 5.56 Å². The van der Waals surface area contributed by atoms with E-state index in [9.17, 15) is 18.0 Å². The number of ether oxygens (including phenoxy) is 1. The molecule has 37 heavy (non-hydrogen) atoms. The second-order valence-corrected chi connectivity index (χ2v) is 8.89. The number of fused-ring (bicyclic) bond motifs is 1. The average Bonchev–Trinajstić information content (AvgIpc) is 2.91. The van der Waals surface area contributed by atoms with Crippen LogP contribution >= 0.6 is 0 Å². The van der Waals surface area contributed by atoms with Gasteiger partial charge in [0.25, 0.3) is 0 Å². The fraction of sp³-hybridized carbons (Fsp3) is 0.214. The molecule has 190 valence electrons. The van der Waals surface area contributed by atoms with Crippen molar-refractivity contribution >= 4 is 28.2 Å². The van der Waals surface area contributed by atoms with Gasteiger partial charge in [-0.3, -0.25) is 9.88 Å². The zero-order valence-electron chi connectivity index (χ0n) is 20.2. The predicted molar refractivity (Wildman–Crippen MR) is 137 cm³/mol. The SMILES string of the molecule is Cc1cc(F)c(F)c(F)c1NC(=O)Nc1ccc(-c2ccc(CN3CCOCC3)nc2)c2ccccc12. The number of pyridine rings is 1. The molecule has 0 bridgehead atoms. The number of morpholine rings is 1. The van der Waals surface area contributed by atoms with Crippen LogP contribution in [0.1, 0.15) is 11.3 Å². The van der Waals surface area contributed by atoms with Gasteiger partial charge in [-0.15, -0.1) is 0 Å².